The van der Waals surface area contributed by atoms with Crippen LogP contribution in [0.2, 0.25) is 10.0 Å². The van der Waals surface area contributed by atoms with Gasteiger partial charge in [-0.2, -0.15) is 0 Å². The Morgan fingerprint density at radius 2 is 1.31 bits per heavy atom. The molecule has 5 aromatic rings. The molecule has 0 unspecified atom stereocenters. The monoisotopic (exact) mass is 555 g/mol. The van der Waals surface area contributed by atoms with Gasteiger partial charge < -0.3 is 9.47 Å². The SMILES string of the molecule is O=C(OC1CC1)c1c(Oc2ccc(Cl)c(Cl)c2)nnn1C(c1ccccc1)(c1ccccc1)c1ccccc1. The number of rotatable bonds is 8. The standard InChI is InChI=1S/C31H23Cl2N3O3/c32-26-19-18-25(20-27(26)33)38-29-28(30(37)39-24-16-17-24)36(35-34-29)31(21-10-4-1-5-11-21,22-12-6-2-7-13-22)23-14-8-3-9-15-23/h1-15,18-20,24H,16-17H2. The normalized spacial score (nSPS) is 13.2. The fraction of sp³-hybridized carbons (Fsp3) is 0.129. The summed E-state index contributed by atoms with van der Waals surface area (Å²) < 4.78 is 13.5. The largest absolute Gasteiger partial charge is 0.458 e. The molecule has 0 atom stereocenters. The second-order valence-electron chi connectivity index (χ2n) is 9.25. The van der Waals surface area contributed by atoms with Crippen molar-refractivity contribution in [2.75, 3.05) is 0 Å². The van der Waals surface area contributed by atoms with E-state index in [0.29, 0.717) is 15.8 Å². The summed E-state index contributed by atoms with van der Waals surface area (Å²) in [6.07, 6.45) is 1.49. The van der Waals surface area contributed by atoms with Crippen molar-refractivity contribution in [1.82, 2.24) is 15.0 Å². The molecule has 0 bridgehead atoms. The van der Waals surface area contributed by atoms with Crippen LogP contribution in [0.3, 0.4) is 0 Å². The fourth-order valence-electron chi connectivity index (χ4n) is 4.70. The van der Waals surface area contributed by atoms with E-state index < -0.39 is 11.5 Å². The second-order valence-corrected chi connectivity index (χ2v) is 10.1. The third kappa shape index (κ3) is 4.78. The topological polar surface area (TPSA) is 66.2 Å². The zero-order chi connectivity index (χ0) is 26.8. The summed E-state index contributed by atoms with van der Waals surface area (Å²) >= 11 is 12.3. The Morgan fingerprint density at radius 3 is 1.79 bits per heavy atom. The van der Waals surface area contributed by atoms with Crippen molar-refractivity contribution < 1.29 is 14.3 Å². The highest BCUT2D eigenvalue weighted by molar-refractivity contribution is 6.42. The molecule has 6 rings (SSSR count). The number of carbonyl (C=O) groups is 1. The van der Waals surface area contributed by atoms with Gasteiger partial charge in [0.25, 0.3) is 5.88 Å². The molecule has 0 spiro atoms. The van der Waals surface area contributed by atoms with E-state index >= 15 is 0 Å². The molecule has 0 radical (unpaired) electrons. The first-order valence-electron chi connectivity index (χ1n) is 12.5. The van der Waals surface area contributed by atoms with Gasteiger partial charge in [-0.25, -0.2) is 9.48 Å². The first-order chi connectivity index (χ1) is 19.1. The number of aromatic nitrogens is 3. The van der Waals surface area contributed by atoms with Crippen LogP contribution in [0.1, 0.15) is 40.0 Å². The van der Waals surface area contributed by atoms with Crippen molar-refractivity contribution in [2.45, 2.75) is 24.5 Å². The van der Waals surface area contributed by atoms with Crippen LogP contribution >= 0.6 is 23.2 Å². The molecule has 1 aromatic heterocycles. The molecule has 1 heterocycles. The smallest absolute Gasteiger partial charge is 0.362 e. The van der Waals surface area contributed by atoms with E-state index in [1.807, 2.05) is 91.0 Å². The summed E-state index contributed by atoms with van der Waals surface area (Å²) in [5.41, 5.74) is 1.66. The van der Waals surface area contributed by atoms with E-state index in [9.17, 15) is 4.79 Å². The van der Waals surface area contributed by atoms with Crippen LogP contribution in [0.25, 0.3) is 0 Å². The van der Waals surface area contributed by atoms with Gasteiger partial charge in [-0.1, -0.05) is 125 Å². The Kier molecular flexibility index (Phi) is 6.81. The molecule has 0 amide bonds. The van der Waals surface area contributed by atoms with Gasteiger partial charge in [0, 0.05) is 6.07 Å². The van der Waals surface area contributed by atoms with Crippen molar-refractivity contribution in [3.8, 4) is 11.6 Å². The lowest BCUT2D eigenvalue weighted by molar-refractivity contribution is 0.0450. The highest BCUT2D eigenvalue weighted by atomic mass is 35.5. The van der Waals surface area contributed by atoms with Gasteiger partial charge in [0.15, 0.2) is 0 Å². The molecule has 8 heteroatoms. The third-order valence-electron chi connectivity index (χ3n) is 6.63. The van der Waals surface area contributed by atoms with Gasteiger partial charge in [-0.05, 0) is 41.7 Å². The van der Waals surface area contributed by atoms with Crippen LogP contribution < -0.4 is 4.74 Å². The fourth-order valence-corrected chi connectivity index (χ4v) is 4.98. The maximum atomic E-state index is 13.8. The molecule has 0 aliphatic heterocycles. The first kappa shape index (κ1) is 25.2. The Morgan fingerprint density at radius 1 is 0.769 bits per heavy atom. The molecule has 0 N–H and O–H groups in total. The van der Waals surface area contributed by atoms with E-state index in [1.165, 1.54) is 0 Å². The van der Waals surface area contributed by atoms with E-state index in [2.05, 4.69) is 10.3 Å². The highest BCUT2D eigenvalue weighted by Crippen LogP contribution is 2.43. The summed E-state index contributed by atoms with van der Waals surface area (Å²) in [6.45, 7) is 0. The van der Waals surface area contributed by atoms with Crippen LogP contribution in [0.15, 0.2) is 109 Å². The number of hydrogen-bond donors (Lipinski definition) is 0. The van der Waals surface area contributed by atoms with Gasteiger partial charge in [-0.15, -0.1) is 0 Å². The zero-order valence-electron chi connectivity index (χ0n) is 20.7. The Labute approximate surface area is 235 Å². The zero-order valence-corrected chi connectivity index (χ0v) is 22.2. The molecule has 4 aromatic carbocycles. The molecular formula is C31H23Cl2N3O3. The van der Waals surface area contributed by atoms with Gasteiger partial charge in [0.05, 0.1) is 10.0 Å². The van der Waals surface area contributed by atoms with Crippen LogP contribution in [-0.4, -0.2) is 27.1 Å². The summed E-state index contributed by atoms with van der Waals surface area (Å²) in [7, 11) is 0. The average molecular weight is 556 g/mol. The molecule has 39 heavy (non-hydrogen) atoms. The molecule has 1 saturated carbocycles. The lowest BCUT2D eigenvalue weighted by Gasteiger charge is -2.36. The number of benzene rings is 4. The maximum absolute atomic E-state index is 13.8. The van der Waals surface area contributed by atoms with E-state index in [-0.39, 0.29) is 17.7 Å². The van der Waals surface area contributed by atoms with Gasteiger partial charge in [0.2, 0.25) is 5.69 Å². The predicted octanol–water partition coefficient (Wildman–Crippen LogP) is 7.54. The van der Waals surface area contributed by atoms with Crippen LogP contribution in [0, 0.1) is 0 Å². The van der Waals surface area contributed by atoms with E-state index in [4.69, 9.17) is 32.7 Å². The predicted molar refractivity (Wildman–Crippen MR) is 150 cm³/mol. The van der Waals surface area contributed by atoms with Gasteiger partial charge in [0.1, 0.15) is 17.4 Å². The van der Waals surface area contributed by atoms with E-state index in [1.54, 1.807) is 22.9 Å². The summed E-state index contributed by atoms with van der Waals surface area (Å²) in [6, 6.07) is 34.5. The quantitative estimate of drug-likeness (QED) is 0.146. The van der Waals surface area contributed by atoms with Crippen molar-refractivity contribution in [3.63, 3.8) is 0 Å². The number of hydrogen-bond acceptors (Lipinski definition) is 5. The molecular weight excluding hydrogens is 533 g/mol. The number of ether oxygens (including phenoxy) is 2. The lowest BCUT2D eigenvalue weighted by Crippen LogP contribution is -2.40. The number of nitrogens with zero attached hydrogens (tertiary/aromatic N) is 3. The summed E-state index contributed by atoms with van der Waals surface area (Å²) in [5, 5.41) is 9.66. The van der Waals surface area contributed by atoms with Gasteiger partial charge in [-0.3, -0.25) is 0 Å². The maximum Gasteiger partial charge on any atom is 0.362 e. The molecule has 1 fully saturated rings. The number of halogens is 2. The Bertz CT molecular complexity index is 1510. The summed E-state index contributed by atoms with van der Waals surface area (Å²) in [5.74, 6) is -0.197. The Hall–Kier alpha value is -4.13. The second kappa shape index (κ2) is 10.6. The molecule has 6 nitrogen and oxygen atoms in total. The minimum atomic E-state index is -1.08. The lowest BCUT2D eigenvalue weighted by atomic mass is 9.77. The van der Waals surface area contributed by atoms with Crippen molar-refractivity contribution >= 4 is 29.2 Å². The molecule has 1 aliphatic rings. The Balaban J connectivity index is 1.63. The van der Waals surface area contributed by atoms with Crippen molar-refractivity contribution in [1.29, 1.82) is 0 Å². The third-order valence-corrected chi connectivity index (χ3v) is 7.37. The van der Waals surface area contributed by atoms with Crippen LogP contribution in [0.5, 0.6) is 11.6 Å². The highest BCUT2D eigenvalue weighted by Gasteiger charge is 2.45. The minimum absolute atomic E-state index is 0.00575. The van der Waals surface area contributed by atoms with Gasteiger partial charge >= 0.3 is 5.97 Å². The minimum Gasteiger partial charge on any atom is -0.458 e. The number of esters is 1. The van der Waals surface area contributed by atoms with Crippen LogP contribution in [0.4, 0.5) is 0 Å². The van der Waals surface area contributed by atoms with E-state index in [0.717, 1.165) is 29.5 Å². The first-order valence-corrected chi connectivity index (χ1v) is 13.3. The average Bonchev–Trinajstić information content (AvgIpc) is 3.70. The number of carbonyl (C=O) groups excluding carboxylic acids is 1. The van der Waals surface area contributed by atoms with Crippen molar-refractivity contribution in [2.24, 2.45) is 0 Å². The molecule has 1 aliphatic carbocycles. The molecule has 194 valence electrons. The van der Waals surface area contributed by atoms with Crippen LogP contribution in [-0.2, 0) is 10.3 Å². The van der Waals surface area contributed by atoms with Crippen molar-refractivity contribution in [3.05, 3.63) is 142 Å². The molecule has 0 saturated heterocycles. The summed E-state index contributed by atoms with van der Waals surface area (Å²) in [4.78, 5) is 13.8.